The molecule has 0 spiro atoms. The van der Waals surface area contributed by atoms with Crippen LogP contribution in [0.5, 0.6) is 11.5 Å². The van der Waals surface area contributed by atoms with E-state index in [-0.39, 0.29) is 15.5 Å². The molecule has 0 aliphatic heterocycles. The van der Waals surface area contributed by atoms with E-state index in [1.54, 1.807) is 42.5 Å². The van der Waals surface area contributed by atoms with Gasteiger partial charge in [0.1, 0.15) is 0 Å². The number of hydrogen-bond donors (Lipinski definition) is 1. The van der Waals surface area contributed by atoms with Crippen molar-refractivity contribution in [2.45, 2.75) is 4.90 Å². The van der Waals surface area contributed by atoms with Gasteiger partial charge in [-0.3, -0.25) is 9.10 Å². The molecule has 0 fully saturated rings. The predicted molar refractivity (Wildman–Crippen MR) is 121 cm³/mol. The van der Waals surface area contributed by atoms with Gasteiger partial charge in [0, 0.05) is 18.3 Å². The summed E-state index contributed by atoms with van der Waals surface area (Å²) in [6, 6.07) is 17.7. The molecule has 162 valence electrons. The first kappa shape index (κ1) is 22.5. The summed E-state index contributed by atoms with van der Waals surface area (Å²) in [6.45, 7) is 0. The Labute approximate surface area is 186 Å². The molecular weight excluding hydrogens is 440 g/mol. The first-order valence-corrected chi connectivity index (χ1v) is 11.0. The van der Waals surface area contributed by atoms with Crippen LogP contribution in [0.15, 0.2) is 71.6 Å². The van der Waals surface area contributed by atoms with Crippen LogP contribution in [0.1, 0.15) is 10.4 Å². The lowest BCUT2D eigenvalue weighted by Crippen LogP contribution is -2.26. The van der Waals surface area contributed by atoms with Gasteiger partial charge in [-0.05, 0) is 42.5 Å². The summed E-state index contributed by atoms with van der Waals surface area (Å²) < 4.78 is 37.6. The maximum atomic E-state index is 13.0. The molecule has 7 nitrogen and oxygen atoms in total. The second kappa shape index (κ2) is 9.28. The smallest absolute Gasteiger partial charge is 0.264 e. The van der Waals surface area contributed by atoms with Crippen molar-refractivity contribution >= 4 is 38.9 Å². The summed E-state index contributed by atoms with van der Waals surface area (Å²) in [7, 11) is 0.541. The zero-order chi connectivity index (χ0) is 22.6. The Morgan fingerprint density at radius 1 is 0.968 bits per heavy atom. The number of hydrogen-bond acceptors (Lipinski definition) is 5. The quantitative estimate of drug-likeness (QED) is 0.563. The van der Waals surface area contributed by atoms with Crippen LogP contribution < -0.4 is 19.1 Å². The number of sulfonamides is 1. The van der Waals surface area contributed by atoms with E-state index in [0.29, 0.717) is 22.9 Å². The fourth-order valence-corrected chi connectivity index (χ4v) is 4.45. The van der Waals surface area contributed by atoms with Gasteiger partial charge < -0.3 is 14.8 Å². The second-order valence-corrected chi connectivity index (χ2v) is 8.86. The molecule has 0 saturated heterocycles. The van der Waals surface area contributed by atoms with Gasteiger partial charge in [0.05, 0.1) is 29.8 Å². The summed E-state index contributed by atoms with van der Waals surface area (Å²) in [5.74, 6) is 0.146. The summed E-state index contributed by atoms with van der Waals surface area (Å²) in [5.41, 5.74) is 1.08. The number of methoxy groups -OCH3 is 2. The van der Waals surface area contributed by atoms with Crippen LogP contribution in [0.4, 0.5) is 11.4 Å². The standard InChI is InChI=1S/C22H21ClN2O5S/c1-25(17-9-5-4-6-10-17)31(27,28)18-11-7-8-16(14-18)24-22(26)15-12-19(23)21(30-3)20(13-15)29-2/h4-14H,1-3H3,(H,24,26). The van der Waals surface area contributed by atoms with Crippen molar-refractivity contribution in [3.8, 4) is 11.5 Å². The zero-order valence-electron chi connectivity index (χ0n) is 17.1. The second-order valence-electron chi connectivity index (χ2n) is 6.48. The Morgan fingerprint density at radius 3 is 2.32 bits per heavy atom. The Morgan fingerprint density at radius 2 is 1.68 bits per heavy atom. The normalized spacial score (nSPS) is 11.0. The summed E-state index contributed by atoms with van der Waals surface area (Å²) in [5, 5.41) is 2.90. The number of ether oxygens (including phenoxy) is 2. The molecule has 0 aromatic heterocycles. The third-order valence-electron chi connectivity index (χ3n) is 4.57. The Kier molecular flexibility index (Phi) is 6.72. The number of anilines is 2. The Balaban J connectivity index is 1.87. The van der Waals surface area contributed by atoms with Gasteiger partial charge in [-0.15, -0.1) is 0 Å². The molecule has 0 saturated carbocycles. The van der Waals surface area contributed by atoms with E-state index in [2.05, 4.69) is 5.32 Å². The number of carbonyl (C=O) groups excluding carboxylic acids is 1. The number of nitrogens with zero attached hydrogens (tertiary/aromatic N) is 1. The summed E-state index contributed by atoms with van der Waals surface area (Å²) in [6.07, 6.45) is 0. The number of benzene rings is 3. The number of halogens is 1. The van der Waals surface area contributed by atoms with Gasteiger partial charge in [0.25, 0.3) is 15.9 Å². The minimum absolute atomic E-state index is 0.0435. The Bertz CT molecular complexity index is 1200. The minimum Gasteiger partial charge on any atom is -0.493 e. The lowest BCUT2D eigenvalue weighted by molar-refractivity contribution is 0.102. The average Bonchev–Trinajstić information content (AvgIpc) is 2.78. The average molecular weight is 461 g/mol. The molecule has 1 N–H and O–H groups in total. The van der Waals surface area contributed by atoms with Crippen LogP contribution >= 0.6 is 11.6 Å². The lowest BCUT2D eigenvalue weighted by Gasteiger charge is -2.20. The van der Waals surface area contributed by atoms with Crippen molar-refractivity contribution in [1.82, 2.24) is 0 Å². The van der Waals surface area contributed by atoms with Crippen LogP contribution in [-0.4, -0.2) is 35.6 Å². The first-order chi connectivity index (χ1) is 14.8. The van der Waals surface area contributed by atoms with Crippen molar-refractivity contribution in [3.05, 3.63) is 77.3 Å². The lowest BCUT2D eigenvalue weighted by atomic mass is 10.1. The molecule has 3 aromatic rings. The number of rotatable bonds is 7. The molecule has 0 heterocycles. The van der Waals surface area contributed by atoms with E-state index in [9.17, 15) is 13.2 Å². The maximum absolute atomic E-state index is 13.0. The molecule has 0 unspecified atom stereocenters. The molecule has 3 rings (SSSR count). The van der Waals surface area contributed by atoms with Crippen molar-refractivity contribution < 1.29 is 22.7 Å². The summed E-state index contributed by atoms with van der Waals surface area (Å²) in [4.78, 5) is 12.8. The first-order valence-electron chi connectivity index (χ1n) is 9.15. The molecule has 9 heteroatoms. The van der Waals surface area contributed by atoms with Crippen molar-refractivity contribution in [2.24, 2.45) is 0 Å². The van der Waals surface area contributed by atoms with Crippen molar-refractivity contribution in [2.75, 3.05) is 30.9 Å². The molecule has 0 atom stereocenters. The molecule has 0 aliphatic rings. The molecular formula is C22H21ClN2O5S. The molecule has 0 aliphatic carbocycles. The van der Waals surface area contributed by atoms with Crippen LogP contribution in [-0.2, 0) is 10.0 Å². The summed E-state index contributed by atoms with van der Waals surface area (Å²) >= 11 is 6.17. The van der Waals surface area contributed by atoms with Crippen LogP contribution in [0.2, 0.25) is 5.02 Å². The number of nitrogens with one attached hydrogen (secondary N) is 1. The van der Waals surface area contributed by atoms with E-state index in [0.717, 1.165) is 0 Å². The third kappa shape index (κ3) is 4.76. The third-order valence-corrected chi connectivity index (χ3v) is 6.63. The van der Waals surface area contributed by atoms with E-state index in [1.807, 2.05) is 0 Å². The SMILES string of the molecule is COc1cc(C(=O)Nc2cccc(S(=O)(=O)N(C)c3ccccc3)c2)cc(Cl)c1OC. The van der Waals surface area contributed by atoms with E-state index in [1.165, 1.54) is 49.8 Å². The van der Waals surface area contributed by atoms with Gasteiger partial charge in [0.15, 0.2) is 11.5 Å². The van der Waals surface area contributed by atoms with Crippen LogP contribution in [0.3, 0.4) is 0 Å². The van der Waals surface area contributed by atoms with Crippen molar-refractivity contribution in [3.63, 3.8) is 0 Å². The maximum Gasteiger partial charge on any atom is 0.264 e. The van der Waals surface area contributed by atoms with Crippen LogP contribution in [0.25, 0.3) is 0 Å². The minimum atomic E-state index is -3.82. The van der Waals surface area contributed by atoms with E-state index in [4.69, 9.17) is 21.1 Å². The molecule has 3 aromatic carbocycles. The molecule has 0 bridgehead atoms. The predicted octanol–water partition coefficient (Wildman–Crippen LogP) is 4.43. The molecule has 31 heavy (non-hydrogen) atoms. The highest BCUT2D eigenvalue weighted by atomic mass is 35.5. The van der Waals surface area contributed by atoms with Crippen molar-refractivity contribution in [1.29, 1.82) is 0 Å². The highest BCUT2D eigenvalue weighted by Crippen LogP contribution is 2.36. The van der Waals surface area contributed by atoms with Gasteiger partial charge in [-0.1, -0.05) is 35.9 Å². The van der Waals surface area contributed by atoms with Crippen LogP contribution in [0, 0.1) is 0 Å². The van der Waals surface area contributed by atoms with Gasteiger partial charge in [-0.25, -0.2) is 8.42 Å². The number of carbonyl (C=O) groups is 1. The molecule has 1 amide bonds. The fourth-order valence-electron chi connectivity index (χ4n) is 2.92. The van der Waals surface area contributed by atoms with Gasteiger partial charge in [-0.2, -0.15) is 0 Å². The van der Waals surface area contributed by atoms with E-state index < -0.39 is 15.9 Å². The number of para-hydroxylation sites is 1. The largest absolute Gasteiger partial charge is 0.493 e. The highest BCUT2D eigenvalue weighted by Gasteiger charge is 2.22. The molecule has 0 radical (unpaired) electrons. The fraction of sp³-hybridized carbons (Fsp3) is 0.136. The topological polar surface area (TPSA) is 84.9 Å². The van der Waals surface area contributed by atoms with E-state index >= 15 is 0 Å². The zero-order valence-corrected chi connectivity index (χ0v) is 18.7. The Hall–Kier alpha value is -3.23. The monoisotopic (exact) mass is 460 g/mol. The highest BCUT2D eigenvalue weighted by molar-refractivity contribution is 7.92. The van der Waals surface area contributed by atoms with Gasteiger partial charge >= 0.3 is 0 Å². The van der Waals surface area contributed by atoms with Gasteiger partial charge in [0.2, 0.25) is 0 Å². The number of amides is 1.